The van der Waals surface area contributed by atoms with Crippen LogP contribution in [0.1, 0.15) is 6.42 Å². The zero-order valence-corrected chi connectivity index (χ0v) is 8.28. The molecular formula is C9H10F2N4O. The highest BCUT2D eigenvalue weighted by Crippen LogP contribution is 2.25. The van der Waals surface area contributed by atoms with E-state index < -0.39 is 30.8 Å². The summed E-state index contributed by atoms with van der Waals surface area (Å²) in [7, 11) is 0. The molecule has 1 aliphatic rings. The summed E-state index contributed by atoms with van der Waals surface area (Å²) in [5.41, 5.74) is 0. The lowest BCUT2D eigenvalue weighted by molar-refractivity contribution is -0.118. The van der Waals surface area contributed by atoms with Crippen molar-refractivity contribution in [2.45, 2.75) is 18.4 Å². The van der Waals surface area contributed by atoms with E-state index in [0.717, 1.165) is 0 Å². The standard InChI is InChI=1S/C9H10F2N4O/c10-9(11)3-6(14-5-9)8(16)15-7-4-12-1-2-13-7/h1-2,4,6,14H,3,5H2,(H,13,15,16). The molecule has 1 atom stereocenters. The quantitative estimate of drug-likeness (QED) is 0.769. The smallest absolute Gasteiger partial charge is 0.262 e. The first-order chi connectivity index (χ1) is 7.57. The number of halogens is 2. The summed E-state index contributed by atoms with van der Waals surface area (Å²) >= 11 is 0. The maximum Gasteiger partial charge on any atom is 0.262 e. The van der Waals surface area contributed by atoms with Crippen molar-refractivity contribution in [2.75, 3.05) is 11.9 Å². The van der Waals surface area contributed by atoms with Crippen LogP contribution in [-0.2, 0) is 4.79 Å². The second-order valence-electron chi connectivity index (χ2n) is 3.57. The molecule has 1 saturated heterocycles. The highest BCUT2D eigenvalue weighted by atomic mass is 19.3. The molecule has 1 aliphatic heterocycles. The molecule has 0 bridgehead atoms. The number of nitrogens with zero attached hydrogens (tertiary/aromatic N) is 2. The van der Waals surface area contributed by atoms with Crippen LogP contribution >= 0.6 is 0 Å². The van der Waals surface area contributed by atoms with E-state index in [2.05, 4.69) is 20.6 Å². The average molecular weight is 228 g/mol. The Kier molecular flexibility index (Phi) is 2.78. The molecule has 1 amide bonds. The van der Waals surface area contributed by atoms with Crippen molar-refractivity contribution in [3.8, 4) is 0 Å². The Morgan fingerprint density at radius 3 is 2.94 bits per heavy atom. The van der Waals surface area contributed by atoms with Crippen molar-refractivity contribution in [3.63, 3.8) is 0 Å². The Labute approximate surface area is 90.3 Å². The van der Waals surface area contributed by atoms with Crippen LogP contribution in [0.25, 0.3) is 0 Å². The van der Waals surface area contributed by atoms with E-state index >= 15 is 0 Å². The van der Waals surface area contributed by atoms with Crippen molar-refractivity contribution in [1.29, 1.82) is 0 Å². The van der Waals surface area contributed by atoms with Gasteiger partial charge >= 0.3 is 0 Å². The Bertz CT molecular complexity index is 384. The molecule has 2 heterocycles. The lowest BCUT2D eigenvalue weighted by Crippen LogP contribution is -2.35. The molecule has 1 aromatic rings. The van der Waals surface area contributed by atoms with Gasteiger partial charge in [-0.1, -0.05) is 0 Å². The van der Waals surface area contributed by atoms with Crippen LogP contribution in [0.2, 0.25) is 0 Å². The second kappa shape index (κ2) is 4.09. The molecule has 1 aromatic heterocycles. The normalized spacial score (nSPS) is 23.0. The molecule has 0 spiro atoms. The van der Waals surface area contributed by atoms with Gasteiger partial charge in [-0.25, -0.2) is 13.8 Å². The highest BCUT2D eigenvalue weighted by molar-refractivity contribution is 5.94. The average Bonchev–Trinajstić information content (AvgIpc) is 2.60. The number of carbonyl (C=O) groups is 1. The number of amides is 1. The molecule has 1 unspecified atom stereocenters. The first kappa shape index (κ1) is 10.9. The summed E-state index contributed by atoms with van der Waals surface area (Å²) in [6.07, 6.45) is 3.73. The summed E-state index contributed by atoms with van der Waals surface area (Å²) in [6.45, 7) is -0.467. The van der Waals surface area contributed by atoms with Crippen molar-refractivity contribution < 1.29 is 13.6 Å². The number of aromatic nitrogens is 2. The van der Waals surface area contributed by atoms with Gasteiger partial charge in [-0.15, -0.1) is 0 Å². The summed E-state index contributed by atoms with van der Waals surface area (Å²) in [5, 5.41) is 4.87. The van der Waals surface area contributed by atoms with E-state index in [4.69, 9.17) is 0 Å². The molecular weight excluding hydrogens is 218 g/mol. The summed E-state index contributed by atoms with van der Waals surface area (Å²) in [6, 6.07) is -0.878. The van der Waals surface area contributed by atoms with E-state index in [1.165, 1.54) is 18.6 Å². The maximum absolute atomic E-state index is 12.8. The van der Waals surface area contributed by atoms with E-state index in [0.29, 0.717) is 0 Å². The van der Waals surface area contributed by atoms with E-state index in [-0.39, 0.29) is 5.82 Å². The van der Waals surface area contributed by atoms with Crippen LogP contribution in [0.15, 0.2) is 18.6 Å². The molecule has 2 N–H and O–H groups in total. The molecule has 0 aliphatic carbocycles. The zero-order chi connectivity index (χ0) is 11.6. The molecule has 0 aromatic carbocycles. The first-order valence-electron chi connectivity index (χ1n) is 4.75. The van der Waals surface area contributed by atoms with Crippen LogP contribution in [0.3, 0.4) is 0 Å². The van der Waals surface area contributed by atoms with E-state index in [1.807, 2.05) is 0 Å². The summed E-state index contributed by atoms with van der Waals surface area (Å²) < 4.78 is 25.6. The molecule has 16 heavy (non-hydrogen) atoms. The number of hydrogen-bond donors (Lipinski definition) is 2. The van der Waals surface area contributed by atoms with E-state index in [9.17, 15) is 13.6 Å². The number of nitrogens with one attached hydrogen (secondary N) is 2. The van der Waals surface area contributed by atoms with Crippen molar-refractivity contribution in [3.05, 3.63) is 18.6 Å². The number of hydrogen-bond acceptors (Lipinski definition) is 4. The van der Waals surface area contributed by atoms with Gasteiger partial charge in [-0.2, -0.15) is 0 Å². The van der Waals surface area contributed by atoms with Crippen molar-refractivity contribution >= 4 is 11.7 Å². The van der Waals surface area contributed by atoms with Gasteiger partial charge in [0.15, 0.2) is 5.82 Å². The lowest BCUT2D eigenvalue weighted by atomic mass is 10.2. The van der Waals surface area contributed by atoms with Gasteiger partial charge in [0, 0.05) is 18.8 Å². The van der Waals surface area contributed by atoms with Crippen molar-refractivity contribution in [2.24, 2.45) is 0 Å². The number of anilines is 1. The summed E-state index contributed by atoms with van der Waals surface area (Å²) in [5.74, 6) is -3.08. The fraction of sp³-hybridized carbons (Fsp3) is 0.444. The van der Waals surface area contributed by atoms with Gasteiger partial charge in [-0.05, 0) is 0 Å². The first-order valence-corrected chi connectivity index (χ1v) is 4.75. The van der Waals surface area contributed by atoms with Gasteiger partial charge in [0.05, 0.1) is 18.8 Å². The van der Waals surface area contributed by atoms with Gasteiger partial charge < -0.3 is 5.32 Å². The fourth-order valence-corrected chi connectivity index (χ4v) is 1.48. The number of carbonyl (C=O) groups excluding carboxylic acids is 1. The third-order valence-corrected chi connectivity index (χ3v) is 2.24. The molecule has 0 radical (unpaired) electrons. The predicted octanol–water partition coefficient (Wildman–Crippen LogP) is 0.412. The SMILES string of the molecule is O=C(Nc1cnccn1)C1CC(F)(F)CN1. The Hall–Kier alpha value is -1.63. The van der Waals surface area contributed by atoms with Gasteiger partial charge in [0.2, 0.25) is 5.91 Å². The Morgan fingerprint density at radius 2 is 2.38 bits per heavy atom. The van der Waals surface area contributed by atoms with Gasteiger partial charge in [0.1, 0.15) is 0 Å². The van der Waals surface area contributed by atoms with Crippen LogP contribution < -0.4 is 10.6 Å². The monoisotopic (exact) mass is 228 g/mol. The minimum atomic E-state index is -2.82. The maximum atomic E-state index is 12.8. The fourth-order valence-electron chi connectivity index (χ4n) is 1.48. The predicted molar refractivity (Wildman–Crippen MR) is 52.0 cm³/mol. The number of alkyl halides is 2. The Balaban J connectivity index is 1.95. The minimum absolute atomic E-state index is 0.254. The lowest BCUT2D eigenvalue weighted by Gasteiger charge is -2.09. The molecule has 1 fully saturated rings. The van der Waals surface area contributed by atoms with Crippen LogP contribution in [-0.4, -0.2) is 34.4 Å². The minimum Gasteiger partial charge on any atom is -0.308 e. The van der Waals surface area contributed by atoms with E-state index in [1.54, 1.807) is 0 Å². The molecule has 2 rings (SSSR count). The Morgan fingerprint density at radius 1 is 1.56 bits per heavy atom. The molecule has 86 valence electrons. The third kappa shape index (κ3) is 2.48. The topological polar surface area (TPSA) is 66.9 Å². The van der Waals surface area contributed by atoms with Crippen LogP contribution in [0.4, 0.5) is 14.6 Å². The van der Waals surface area contributed by atoms with Crippen LogP contribution in [0.5, 0.6) is 0 Å². The third-order valence-electron chi connectivity index (χ3n) is 2.24. The zero-order valence-electron chi connectivity index (χ0n) is 8.28. The second-order valence-corrected chi connectivity index (χ2v) is 3.57. The molecule has 7 heteroatoms. The molecule has 5 nitrogen and oxygen atoms in total. The highest BCUT2D eigenvalue weighted by Gasteiger charge is 2.42. The number of rotatable bonds is 2. The van der Waals surface area contributed by atoms with Crippen molar-refractivity contribution in [1.82, 2.24) is 15.3 Å². The largest absolute Gasteiger partial charge is 0.308 e. The van der Waals surface area contributed by atoms with Gasteiger partial charge in [-0.3, -0.25) is 15.1 Å². The van der Waals surface area contributed by atoms with Crippen LogP contribution in [0, 0.1) is 0 Å². The van der Waals surface area contributed by atoms with Gasteiger partial charge in [0.25, 0.3) is 5.92 Å². The molecule has 0 saturated carbocycles. The summed E-state index contributed by atoms with van der Waals surface area (Å²) in [4.78, 5) is 19.1.